The molecule has 1 amide bonds. The monoisotopic (exact) mass is 420 g/mol. The summed E-state index contributed by atoms with van der Waals surface area (Å²) in [7, 11) is 0. The van der Waals surface area contributed by atoms with Gasteiger partial charge >= 0.3 is 0 Å². The molecule has 0 unspecified atom stereocenters. The lowest BCUT2D eigenvalue weighted by Crippen LogP contribution is -2.25. The van der Waals surface area contributed by atoms with Crippen LogP contribution in [-0.2, 0) is 6.54 Å². The van der Waals surface area contributed by atoms with Gasteiger partial charge in [-0.25, -0.2) is 0 Å². The first kappa shape index (κ1) is 19.7. The third kappa shape index (κ3) is 4.83. The van der Waals surface area contributed by atoms with Gasteiger partial charge in [-0.3, -0.25) is 9.36 Å². The Balaban J connectivity index is 1.82. The second-order valence-corrected chi connectivity index (χ2v) is 7.63. The van der Waals surface area contributed by atoms with Gasteiger partial charge in [-0.15, -0.1) is 10.2 Å². The summed E-state index contributed by atoms with van der Waals surface area (Å²) in [6, 6.07) is 14.6. The number of para-hydroxylation sites is 1. The zero-order chi connectivity index (χ0) is 19.2. The van der Waals surface area contributed by atoms with Crippen molar-refractivity contribution in [3.8, 4) is 5.69 Å². The minimum absolute atomic E-state index is 0.229. The fourth-order valence-corrected chi connectivity index (χ4v) is 3.79. The number of halogens is 2. The van der Waals surface area contributed by atoms with Crippen molar-refractivity contribution in [3.63, 3.8) is 0 Å². The highest BCUT2D eigenvalue weighted by Crippen LogP contribution is 2.23. The van der Waals surface area contributed by atoms with Crippen molar-refractivity contribution < 1.29 is 4.79 Å². The third-order valence-corrected chi connectivity index (χ3v) is 5.42. The van der Waals surface area contributed by atoms with Gasteiger partial charge in [0.25, 0.3) is 5.91 Å². The van der Waals surface area contributed by atoms with Crippen LogP contribution in [-0.4, -0.2) is 26.4 Å². The third-order valence-electron chi connectivity index (χ3n) is 3.73. The molecule has 0 fully saturated rings. The zero-order valence-corrected chi connectivity index (χ0v) is 17.0. The SMILES string of the molecule is CCCSc1nnc(CNC(=O)c2ccc(Cl)cc2Cl)n1-c1ccccc1. The molecular formula is C19H18Cl2N4OS. The van der Waals surface area contributed by atoms with E-state index in [4.69, 9.17) is 23.2 Å². The number of thioether (sulfide) groups is 1. The van der Waals surface area contributed by atoms with Crippen molar-refractivity contribution in [3.05, 3.63) is 70.0 Å². The van der Waals surface area contributed by atoms with Crippen molar-refractivity contribution in [2.24, 2.45) is 0 Å². The van der Waals surface area contributed by atoms with Crippen LogP contribution in [0.25, 0.3) is 5.69 Å². The molecule has 0 saturated heterocycles. The number of carbonyl (C=O) groups excluding carboxylic acids is 1. The van der Waals surface area contributed by atoms with Crippen LogP contribution >= 0.6 is 35.0 Å². The van der Waals surface area contributed by atoms with E-state index < -0.39 is 0 Å². The standard InChI is InChI=1S/C19H18Cl2N4OS/c1-2-10-27-19-24-23-17(25(19)14-6-4-3-5-7-14)12-22-18(26)15-9-8-13(20)11-16(15)21/h3-9,11H,2,10,12H2,1H3,(H,22,26). The van der Waals surface area contributed by atoms with Crippen LogP contribution in [0.2, 0.25) is 10.0 Å². The van der Waals surface area contributed by atoms with Crippen LogP contribution in [0.15, 0.2) is 53.7 Å². The number of amides is 1. The summed E-state index contributed by atoms with van der Waals surface area (Å²) in [5.41, 5.74) is 1.32. The number of aromatic nitrogens is 3. The number of nitrogens with zero attached hydrogens (tertiary/aromatic N) is 3. The van der Waals surface area contributed by atoms with Gasteiger partial charge in [-0.1, -0.05) is 60.1 Å². The molecule has 0 spiro atoms. The normalized spacial score (nSPS) is 10.8. The molecule has 0 bridgehead atoms. The Morgan fingerprint density at radius 2 is 1.93 bits per heavy atom. The van der Waals surface area contributed by atoms with E-state index in [0.29, 0.717) is 21.4 Å². The molecule has 3 aromatic rings. The van der Waals surface area contributed by atoms with E-state index in [-0.39, 0.29) is 12.5 Å². The maximum atomic E-state index is 12.5. The van der Waals surface area contributed by atoms with E-state index >= 15 is 0 Å². The van der Waals surface area contributed by atoms with E-state index in [2.05, 4.69) is 22.4 Å². The van der Waals surface area contributed by atoms with Crippen molar-refractivity contribution in [1.82, 2.24) is 20.1 Å². The average molecular weight is 421 g/mol. The predicted octanol–water partition coefficient (Wildman–Crippen LogP) is 5.01. The van der Waals surface area contributed by atoms with Crippen molar-refractivity contribution >= 4 is 40.9 Å². The number of nitrogens with one attached hydrogen (secondary N) is 1. The fourth-order valence-electron chi connectivity index (χ4n) is 2.47. The first-order chi connectivity index (χ1) is 13.1. The Labute approximate surface area is 172 Å². The van der Waals surface area contributed by atoms with Crippen LogP contribution in [0.3, 0.4) is 0 Å². The van der Waals surface area contributed by atoms with Gasteiger partial charge in [0.2, 0.25) is 0 Å². The largest absolute Gasteiger partial charge is 0.345 e. The Morgan fingerprint density at radius 1 is 1.15 bits per heavy atom. The van der Waals surface area contributed by atoms with Crippen molar-refractivity contribution in [2.75, 3.05) is 5.75 Å². The second-order valence-electron chi connectivity index (χ2n) is 5.73. The lowest BCUT2D eigenvalue weighted by molar-refractivity contribution is 0.0950. The minimum Gasteiger partial charge on any atom is -0.345 e. The van der Waals surface area contributed by atoms with Crippen LogP contribution in [0, 0.1) is 0 Å². The molecule has 3 rings (SSSR count). The molecular weight excluding hydrogens is 403 g/mol. The number of benzene rings is 2. The van der Waals surface area contributed by atoms with Crippen LogP contribution in [0.5, 0.6) is 0 Å². The Bertz CT molecular complexity index is 931. The zero-order valence-electron chi connectivity index (χ0n) is 14.7. The first-order valence-corrected chi connectivity index (χ1v) is 10.2. The van der Waals surface area contributed by atoms with Crippen LogP contribution in [0.4, 0.5) is 0 Å². The molecule has 0 aliphatic rings. The molecule has 5 nitrogen and oxygen atoms in total. The topological polar surface area (TPSA) is 59.8 Å². The maximum Gasteiger partial charge on any atom is 0.253 e. The van der Waals surface area contributed by atoms with E-state index in [1.54, 1.807) is 30.0 Å². The molecule has 1 aromatic heterocycles. The number of carbonyl (C=O) groups is 1. The molecule has 0 radical (unpaired) electrons. The molecule has 140 valence electrons. The molecule has 1 N–H and O–H groups in total. The molecule has 0 atom stereocenters. The fraction of sp³-hybridized carbons (Fsp3) is 0.211. The summed E-state index contributed by atoms with van der Waals surface area (Å²) >= 11 is 13.6. The smallest absolute Gasteiger partial charge is 0.253 e. The Morgan fingerprint density at radius 3 is 2.63 bits per heavy atom. The number of hydrogen-bond donors (Lipinski definition) is 1. The highest BCUT2D eigenvalue weighted by molar-refractivity contribution is 7.99. The highest BCUT2D eigenvalue weighted by Gasteiger charge is 2.16. The maximum absolute atomic E-state index is 12.5. The van der Waals surface area contributed by atoms with Crippen molar-refractivity contribution in [2.45, 2.75) is 25.0 Å². The number of hydrogen-bond acceptors (Lipinski definition) is 4. The summed E-state index contributed by atoms with van der Waals surface area (Å²) in [5.74, 6) is 1.30. The first-order valence-electron chi connectivity index (χ1n) is 8.46. The molecule has 1 heterocycles. The average Bonchev–Trinajstić information content (AvgIpc) is 3.08. The van der Waals surface area contributed by atoms with Gasteiger partial charge in [-0.2, -0.15) is 0 Å². The summed E-state index contributed by atoms with van der Waals surface area (Å²) in [5, 5.41) is 13.0. The van der Waals surface area contributed by atoms with E-state index in [9.17, 15) is 4.79 Å². The Kier molecular flexibility index (Phi) is 6.77. The van der Waals surface area contributed by atoms with Gasteiger partial charge in [0.05, 0.1) is 17.1 Å². The van der Waals surface area contributed by atoms with E-state index in [1.807, 2.05) is 34.9 Å². The second kappa shape index (κ2) is 9.26. The molecule has 27 heavy (non-hydrogen) atoms. The molecule has 2 aromatic carbocycles. The Hall–Kier alpha value is -2.02. The molecule has 0 aliphatic carbocycles. The summed E-state index contributed by atoms with van der Waals surface area (Å²) in [4.78, 5) is 12.5. The van der Waals surface area contributed by atoms with E-state index in [1.165, 1.54) is 0 Å². The molecule has 0 aliphatic heterocycles. The van der Waals surface area contributed by atoms with Gasteiger partial charge in [-0.05, 0) is 36.8 Å². The van der Waals surface area contributed by atoms with Crippen molar-refractivity contribution in [1.29, 1.82) is 0 Å². The van der Waals surface area contributed by atoms with E-state index in [0.717, 1.165) is 23.0 Å². The lowest BCUT2D eigenvalue weighted by Gasteiger charge is -2.11. The van der Waals surface area contributed by atoms with Gasteiger partial charge in [0.1, 0.15) is 0 Å². The summed E-state index contributed by atoms with van der Waals surface area (Å²) in [6.45, 7) is 2.35. The highest BCUT2D eigenvalue weighted by atomic mass is 35.5. The van der Waals surface area contributed by atoms with Gasteiger partial charge in [0.15, 0.2) is 11.0 Å². The summed E-state index contributed by atoms with van der Waals surface area (Å²) in [6.07, 6.45) is 1.04. The molecule has 8 heteroatoms. The van der Waals surface area contributed by atoms with Gasteiger partial charge in [0, 0.05) is 16.5 Å². The number of rotatable bonds is 7. The summed E-state index contributed by atoms with van der Waals surface area (Å²) < 4.78 is 1.96. The van der Waals surface area contributed by atoms with Crippen LogP contribution in [0.1, 0.15) is 29.5 Å². The van der Waals surface area contributed by atoms with Gasteiger partial charge < -0.3 is 5.32 Å². The minimum atomic E-state index is -0.290. The predicted molar refractivity (Wildman–Crippen MR) is 110 cm³/mol. The quantitative estimate of drug-likeness (QED) is 0.545. The molecule has 0 saturated carbocycles. The van der Waals surface area contributed by atoms with Crippen LogP contribution < -0.4 is 5.32 Å². The lowest BCUT2D eigenvalue weighted by atomic mass is 10.2.